The summed E-state index contributed by atoms with van der Waals surface area (Å²) in [7, 11) is 0. The summed E-state index contributed by atoms with van der Waals surface area (Å²) in [4.78, 5) is 8.12. The van der Waals surface area contributed by atoms with Crippen LogP contribution >= 0.6 is 0 Å². The molecule has 1 aromatic rings. The first-order valence-electron chi connectivity index (χ1n) is 5.44. The smallest absolute Gasteiger partial charge is 0.158 e. The minimum Gasteiger partial charge on any atom is -0.359 e. The average Bonchev–Trinajstić information content (AvgIpc) is 2.31. The molecule has 7 heteroatoms. The van der Waals surface area contributed by atoms with Gasteiger partial charge >= 0.3 is 0 Å². The normalized spacial score (nSPS) is 13.5. The molecule has 94 valence electrons. The van der Waals surface area contributed by atoms with Gasteiger partial charge in [-0.3, -0.25) is 4.98 Å². The number of hydrazine groups is 1. The first-order valence-corrected chi connectivity index (χ1v) is 5.44. The molecule has 1 heterocycles. The van der Waals surface area contributed by atoms with Crippen molar-refractivity contribution in [3.05, 3.63) is 18.6 Å². The first-order chi connectivity index (χ1) is 8.17. The van der Waals surface area contributed by atoms with Crippen molar-refractivity contribution in [2.45, 2.75) is 26.3 Å². The predicted molar refractivity (Wildman–Crippen MR) is 67.8 cm³/mol. The highest BCUT2D eigenvalue weighted by atomic mass is 15.3. The minimum atomic E-state index is -0.110. The van der Waals surface area contributed by atoms with E-state index in [0.717, 1.165) is 6.42 Å². The largest absolute Gasteiger partial charge is 0.359 e. The zero-order valence-electron chi connectivity index (χ0n) is 10.1. The lowest BCUT2D eigenvalue weighted by Gasteiger charge is -2.21. The molecule has 1 atom stereocenters. The van der Waals surface area contributed by atoms with Crippen LogP contribution < -0.4 is 22.4 Å². The van der Waals surface area contributed by atoms with E-state index in [0.29, 0.717) is 17.6 Å². The molecular formula is C10H19N7. The molecular weight excluding hydrogens is 218 g/mol. The second-order valence-electron chi connectivity index (χ2n) is 4.08. The van der Waals surface area contributed by atoms with E-state index in [4.69, 9.17) is 11.7 Å². The number of aromatic nitrogens is 2. The molecule has 0 aliphatic carbocycles. The van der Waals surface area contributed by atoms with Crippen molar-refractivity contribution in [2.75, 3.05) is 5.32 Å². The van der Waals surface area contributed by atoms with E-state index >= 15 is 0 Å². The maximum atomic E-state index is 5.38. The Morgan fingerprint density at radius 3 is 2.71 bits per heavy atom. The Bertz CT molecular complexity index is 349. The van der Waals surface area contributed by atoms with E-state index in [1.165, 1.54) is 0 Å². The van der Waals surface area contributed by atoms with Crippen LogP contribution in [0.25, 0.3) is 0 Å². The van der Waals surface area contributed by atoms with Gasteiger partial charge in [0.2, 0.25) is 0 Å². The molecule has 0 bridgehead atoms. The number of nitrogens with two attached hydrogens (primary N) is 2. The average molecular weight is 237 g/mol. The molecule has 1 rings (SSSR count). The Morgan fingerprint density at radius 2 is 2.24 bits per heavy atom. The molecule has 0 aromatic carbocycles. The standard InChI is InChI=1S/C10H19N7/c1-7(2)5-8(10(16-11)17-12)15-9-6-13-3-4-14-9/h3-4,6-8H,5,11-12H2,1-2H3,(H,14,15)(H,16,17). The van der Waals surface area contributed by atoms with Gasteiger partial charge in [-0.05, 0) is 12.3 Å². The van der Waals surface area contributed by atoms with Gasteiger partial charge in [-0.15, -0.1) is 0 Å². The predicted octanol–water partition coefficient (Wildman–Crippen LogP) is 0.0387. The zero-order chi connectivity index (χ0) is 12.7. The molecule has 0 saturated heterocycles. The first kappa shape index (κ1) is 13.2. The number of rotatable bonds is 5. The number of amidine groups is 1. The van der Waals surface area contributed by atoms with E-state index < -0.39 is 0 Å². The van der Waals surface area contributed by atoms with Gasteiger partial charge in [-0.2, -0.15) is 5.10 Å². The van der Waals surface area contributed by atoms with E-state index in [-0.39, 0.29) is 6.04 Å². The SMILES string of the molecule is CC(C)CC(Nc1cnccn1)/C(=N/N)NN. The van der Waals surface area contributed by atoms with Gasteiger partial charge in [0.15, 0.2) is 5.84 Å². The van der Waals surface area contributed by atoms with Crippen LogP contribution in [0.4, 0.5) is 5.82 Å². The van der Waals surface area contributed by atoms with Gasteiger partial charge in [0.25, 0.3) is 0 Å². The molecule has 0 spiro atoms. The Morgan fingerprint density at radius 1 is 1.47 bits per heavy atom. The van der Waals surface area contributed by atoms with E-state index in [2.05, 4.69) is 39.7 Å². The Kier molecular flexibility index (Phi) is 5.15. The monoisotopic (exact) mass is 237 g/mol. The summed E-state index contributed by atoms with van der Waals surface area (Å²) in [6.07, 6.45) is 5.69. The van der Waals surface area contributed by atoms with Crippen LogP contribution in [0.3, 0.4) is 0 Å². The number of hydrogen-bond donors (Lipinski definition) is 4. The minimum absolute atomic E-state index is 0.110. The summed E-state index contributed by atoms with van der Waals surface area (Å²) in [6.45, 7) is 4.21. The molecule has 0 amide bonds. The lowest BCUT2D eigenvalue weighted by Crippen LogP contribution is -2.44. The van der Waals surface area contributed by atoms with Crippen LogP contribution in [0.5, 0.6) is 0 Å². The highest BCUT2D eigenvalue weighted by molar-refractivity contribution is 5.88. The lowest BCUT2D eigenvalue weighted by atomic mass is 10.0. The fourth-order valence-electron chi connectivity index (χ4n) is 1.49. The fraction of sp³-hybridized carbons (Fsp3) is 0.500. The third-order valence-corrected chi connectivity index (χ3v) is 2.21. The van der Waals surface area contributed by atoms with Gasteiger partial charge < -0.3 is 16.6 Å². The summed E-state index contributed by atoms with van der Waals surface area (Å²) in [5.74, 6) is 12.3. The van der Waals surface area contributed by atoms with Crippen LogP contribution in [-0.4, -0.2) is 21.8 Å². The van der Waals surface area contributed by atoms with Crippen molar-refractivity contribution in [3.8, 4) is 0 Å². The summed E-state index contributed by atoms with van der Waals surface area (Å²) >= 11 is 0. The van der Waals surface area contributed by atoms with E-state index in [9.17, 15) is 0 Å². The number of nitrogens with one attached hydrogen (secondary N) is 2. The van der Waals surface area contributed by atoms with Gasteiger partial charge in [-0.1, -0.05) is 13.8 Å². The van der Waals surface area contributed by atoms with Crippen molar-refractivity contribution in [1.82, 2.24) is 15.4 Å². The van der Waals surface area contributed by atoms with Gasteiger partial charge in [0.05, 0.1) is 12.2 Å². The van der Waals surface area contributed by atoms with Gasteiger partial charge in [0, 0.05) is 12.4 Å². The third-order valence-electron chi connectivity index (χ3n) is 2.21. The Hall–Kier alpha value is -1.89. The van der Waals surface area contributed by atoms with Crippen molar-refractivity contribution in [2.24, 2.45) is 22.7 Å². The van der Waals surface area contributed by atoms with Crippen LogP contribution in [-0.2, 0) is 0 Å². The molecule has 7 nitrogen and oxygen atoms in total. The molecule has 1 aromatic heterocycles. The molecule has 0 fully saturated rings. The second kappa shape index (κ2) is 6.64. The molecule has 0 saturated carbocycles. The van der Waals surface area contributed by atoms with Crippen molar-refractivity contribution >= 4 is 11.7 Å². The molecule has 17 heavy (non-hydrogen) atoms. The van der Waals surface area contributed by atoms with Gasteiger partial charge in [0.1, 0.15) is 5.82 Å². The van der Waals surface area contributed by atoms with Crippen LogP contribution in [0, 0.1) is 5.92 Å². The maximum Gasteiger partial charge on any atom is 0.158 e. The summed E-state index contributed by atoms with van der Waals surface area (Å²) in [6, 6.07) is -0.110. The van der Waals surface area contributed by atoms with E-state index in [1.54, 1.807) is 18.6 Å². The van der Waals surface area contributed by atoms with Gasteiger partial charge in [-0.25, -0.2) is 10.8 Å². The third kappa shape index (κ3) is 4.23. The molecule has 0 radical (unpaired) electrons. The molecule has 1 unspecified atom stereocenters. The second-order valence-corrected chi connectivity index (χ2v) is 4.08. The van der Waals surface area contributed by atoms with E-state index in [1.807, 2.05) is 0 Å². The highest BCUT2D eigenvalue weighted by Crippen LogP contribution is 2.10. The van der Waals surface area contributed by atoms with Crippen molar-refractivity contribution in [3.63, 3.8) is 0 Å². The maximum absolute atomic E-state index is 5.38. The highest BCUT2D eigenvalue weighted by Gasteiger charge is 2.17. The molecule has 0 aliphatic heterocycles. The van der Waals surface area contributed by atoms with Crippen molar-refractivity contribution in [1.29, 1.82) is 0 Å². The summed E-state index contributed by atoms with van der Waals surface area (Å²) < 4.78 is 0. The van der Waals surface area contributed by atoms with Crippen LogP contribution in [0.1, 0.15) is 20.3 Å². The number of hydrogen-bond acceptors (Lipinski definition) is 6. The lowest BCUT2D eigenvalue weighted by molar-refractivity contribution is 0.567. The number of hydrazone groups is 1. The fourth-order valence-corrected chi connectivity index (χ4v) is 1.49. The molecule has 0 aliphatic rings. The van der Waals surface area contributed by atoms with Crippen LogP contribution in [0.15, 0.2) is 23.7 Å². The summed E-state index contributed by atoms with van der Waals surface area (Å²) in [5, 5.41) is 6.81. The Labute approximate surface area is 101 Å². The number of anilines is 1. The molecule has 6 N–H and O–H groups in total. The topological polar surface area (TPSA) is 114 Å². The van der Waals surface area contributed by atoms with Crippen LogP contribution in [0.2, 0.25) is 0 Å². The number of nitrogens with zero attached hydrogens (tertiary/aromatic N) is 3. The quantitative estimate of drug-likeness (QED) is 0.249. The Balaban J connectivity index is 2.77. The summed E-state index contributed by atoms with van der Waals surface area (Å²) in [5.41, 5.74) is 2.49. The van der Waals surface area contributed by atoms with Crippen molar-refractivity contribution < 1.29 is 0 Å². The zero-order valence-corrected chi connectivity index (χ0v) is 10.1.